The molecule has 4 heteroatoms. The maximum absolute atomic E-state index is 11.2. The molecule has 0 aromatic heterocycles. The summed E-state index contributed by atoms with van der Waals surface area (Å²) in [6.07, 6.45) is 7.70. The van der Waals surface area contributed by atoms with Gasteiger partial charge in [0.1, 0.15) is 0 Å². The molecule has 1 saturated heterocycles. The van der Waals surface area contributed by atoms with E-state index in [0.717, 1.165) is 25.8 Å². The van der Waals surface area contributed by atoms with Gasteiger partial charge in [-0.3, -0.25) is 0 Å². The number of alkyl halides is 1. The third-order valence-electron chi connectivity index (χ3n) is 5.20. The minimum absolute atomic E-state index is 0.164. The van der Waals surface area contributed by atoms with Crippen LogP contribution in [0.3, 0.4) is 0 Å². The van der Waals surface area contributed by atoms with E-state index in [0.29, 0.717) is 23.8 Å². The van der Waals surface area contributed by atoms with E-state index in [1.165, 1.54) is 5.70 Å². The normalized spacial score (nSPS) is 36.5. The maximum Gasteiger partial charge on any atom is 0.0963 e. The topological polar surface area (TPSA) is 47.3 Å². The zero-order valence-electron chi connectivity index (χ0n) is 12.7. The Hall–Kier alpha value is -0.980. The van der Waals surface area contributed by atoms with Crippen LogP contribution < -0.4 is 0 Å². The van der Waals surface area contributed by atoms with Gasteiger partial charge in [-0.15, -0.1) is 11.6 Å². The third-order valence-corrected chi connectivity index (χ3v) is 5.59. The van der Waals surface area contributed by atoms with Crippen LogP contribution in [-0.2, 0) is 0 Å². The molecule has 3 nitrogen and oxygen atoms in total. The summed E-state index contributed by atoms with van der Waals surface area (Å²) >= 11 is 6.31. The third kappa shape index (κ3) is 2.49. The van der Waals surface area contributed by atoms with Crippen molar-refractivity contribution < 1.29 is 5.11 Å². The van der Waals surface area contributed by atoms with Crippen molar-refractivity contribution in [1.82, 2.24) is 4.90 Å². The van der Waals surface area contributed by atoms with Crippen molar-refractivity contribution in [2.45, 2.75) is 56.6 Å². The lowest BCUT2D eigenvalue weighted by Crippen LogP contribution is -2.49. The van der Waals surface area contributed by atoms with Gasteiger partial charge in [-0.2, -0.15) is 5.26 Å². The Morgan fingerprint density at radius 1 is 1.43 bits per heavy atom. The highest BCUT2D eigenvalue weighted by Gasteiger charge is 2.55. The summed E-state index contributed by atoms with van der Waals surface area (Å²) in [4.78, 5) is 2.35. The van der Waals surface area contributed by atoms with Gasteiger partial charge in [0.25, 0.3) is 0 Å². The number of hydrogen-bond donors (Lipinski definition) is 1. The van der Waals surface area contributed by atoms with E-state index in [1.54, 1.807) is 0 Å². The summed E-state index contributed by atoms with van der Waals surface area (Å²) < 4.78 is 0. The molecule has 1 saturated carbocycles. The Balaban J connectivity index is 1.87. The molecule has 1 N–H and O–H groups in total. The predicted octanol–water partition coefficient (Wildman–Crippen LogP) is 3.20. The molecule has 2 unspecified atom stereocenters. The van der Waals surface area contributed by atoms with Crippen molar-refractivity contribution in [2.24, 2.45) is 11.8 Å². The standard InChI is InChI=1S/C17H23ClN2O/c1-11(2)16-17(21,13-4-5-13)7-8-20(16)14-6-3-12(10-19)15(18)9-14/h3,6,11,13,15-16,21H,4-5,7-9H2,1-2H3/t15?,16?,17-/m1/s1. The first kappa shape index (κ1) is 14.9. The molecule has 2 aliphatic carbocycles. The van der Waals surface area contributed by atoms with Gasteiger partial charge in [0, 0.05) is 24.2 Å². The molecule has 3 atom stereocenters. The molecule has 0 spiro atoms. The Morgan fingerprint density at radius 2 is 2.14 bits per heavy atom. The molecular weight excluding hydrogens is 284 g/mol. The Morgan fingerprint density at radius 3 is 2.67 bits per heavy atom. The van der Waals surface area contributed by atoms with E-state index in [9.17, 15) is 5.11 Å². The van der Waals surface area contributed by atoms with Crippen molar-refractivity contribution in [3.8, 4) is 6.07 Å². The summed E-state index contributed by atoms with van der Waals surface area (Å²) in [6.45, 7) is 5.27. The second-order valence-corrected chi connectivity index (χ2v) is 7.49. The fraction of sp³-hybridized carbons (Fsp3) is 0.706. The molecule has 2 fully saturated rings. The number of nitriles is 1. The zero-order valence-corrected chi connectivity index (χ0v) is 13.5. The van der Waals surface area contributed by atoms with E-state index in [1.807, 2.05) is 12.2 Å². The van der Waals surface area contributed by atoms with Crippen molar-refractivity contribution in [3.05, 3.63) is 23.4 Å². The summed E-state index contributed by atoms with van der Waals surface area (Å²) in [5, 5.41) is 20.0. The van der Waals surface area contributed by atoms with Crippen LogP contribution in [-0.4, -0.2) is 33.6 Å². The summed E-state index contributed by atoms with van der Waals surface area (Å²) in [5.74, 6) is 0.866. The molecule has 0 aromatic rings. The van der Waals surface area contributed by atoms with Gasteiger partial charge in [0.05, 0.1) is 23.1 Å². The SMILES string of the molecule is CC(C)C1N(C2=CC=C(C#N)C(Cl)C2)CC[C@@]1(O)C1CC1. The number of nitrogens with zero attached hydrogens (tertiary/aromatic N) is 2. The van der Waals surface area contributed by atoms with Gasteiger partial charge in [0.15, 0.2) is 0 Å². The Bertz CT molecular complexity index is 529. The lowest BCUT2D eigenvalue weighted by atomic mass is 9.82. The quantitative estimate of drug-likeness (QED) is 0.815. The molecular formula is C17H23ClN2O. The molecule has 0 amide bonds. The molecule has 1 aliphatic heterocycles. The monoisotopic (exact) mass is 306 g/mol. The number of allylic oxidation sites excluding steroid dienone is 4. The molecule has 3 aliphatic rings. The van der Waals surface area contributed by atoms with Crippen molar-refractivity contribution in [3.63, 3.8) is 0 Å². The molecule has 0 radical (unpaired) electrons. The Labute approximate surface area is 131 Å². The number of aliphatic hydroxyl groups is 1. The lowest BCUT2D eigenvalue weighted by molar-refractivity contribution is -0.0279. The smallest absolute Gasteiger partial charge is 0.0963 e. The fourth-order valence-electron chi connectivity index (χ4n) is 4.12. The molecule has 1 heterocycles. The van der Waals surface area contributed by atoms with Crippen LogP contribution in [0.2, 0.25) is 0 Å². The molecule has 3 rings (SSSR count). The highest BCUT2D eigenvalue weighted by atomic mass is 35.5. The molecule has 21 heavy (non-hydrogen) atoms. The van der Waals surface area contributed by atoms with E-state index in [-0.39, 0.29) is 11.4 Å². The summed E-state index contributed by atoms with van der Waals surface area (Å²) in [5.41, 5.74) is 1.26. The van der Waals surface area contributed by atoms with Crippen LogP contribution in [0.4, 0.5) is 0 Å². The second kappa shape index (κ2) is 5.34. The van der Waals surface area contributed by atoms with Gasteiger partial charge in [-0.05, 0) is 43.3 Å². The van der Waals surface area contributed by atoms with Crippen molar-refractivity contribution >= 4 is 11.6 Å². The van der Waals surface area contributed by atoms with Crippen LogP contribution in [0.1, 0.15) is 39.5 Å². The van der Waals surface area contributed by atoms with Crippen molar-refractivity contribution in [2.75, 3.05) is 6.54 Å². The van der Waals surface area contributed by atoms with Gasteiger partial charge in [0.2, 0.25) is 0 Å². The maximum atomic E-state index is 11.2. The number of hydrogen-bond acceptors (Lipinski definition) is 3. The minimum Gasteiger partial charge on any atom is -0.387 e. The van der Waals surface area contributed by atoms with Gasteiger partial charge < -0.3 is 10.0 Å². The van der Waals surface area contributed by atoms with Crippen LogP contribution >= 0.6 is 11.6 Å². The zero-order chi connectivity index (χ0) is 15.2. The number of rotatable bonds is 3. The van der Waals surface area contributed by atoms with Gasteiger partial charge >= 0.3 is 0 Å². The van der Waals surface area contributed by atoms with Crippen LogP contribution in [0.25, 0.3) is 0 Å². The van der Waals surface area contributed by atoms with E-state index in [4.69, 9.17) is 16.9 Å². The van der Waals surface area contributed by atoms with Gasteiger partial charge in [-0.1, -0.05) is 13.8 Å². The van der Waals surface area contributed by atoms with Gasteiger partial charge in [-0.25, -0.2) is 0 Å². The average Bonchev–Trinajstić information content (AvgIpc) is 3.23. The second-order valence-electron chi connectivity index (χ2n) is 6.96. The fourth-order valence-corrected chi connectivity index (χ4v) is 4.40. The highest BCUT2D eigenvalue weighted by molar-refractivity contribution is 6.23. The number of likely N-dealkylation sites (tertiary alicyclic amines) is 1. The first-order valence-corrected chi connectivity index (χ1v) is 8.35. The molecule has 0 aromatic carbocycles. The van der Waals surface area contributed by atoms with E-state index < -0.39 is 5.60 Å². The molecule has 114 valence electrons. The average molecular weight is 307 g/mol. The van der Waals surface area contributed by atoms with E-state index in [2.05, 4.69) is 24.8 Å². The summed E-state index contributed by atoms with van der Waals surface area (Å²) in [6, 6.07) is 2.32. The first-order valence-electron chi connectivity index (χ1n) is 7.91. The van der Waals surface area contributed by atoms with E-state index >= 15 is 0 Å². The van der Waals surface area contributed by atoms with Crippen LogP contribution in [0.5, 0.6) is 0 Å². The predicted molar refractivity (Wildman–Crippen MR) is 83.7 cm³/mol. The summed E-state index contributed by atoms with van der Waals surface area (Å²) in [7, 11) is 0. The molecule has 0 bridgehead atoms. The van der Waals surface area contributed by atoms with Crippen LogP contribution in [0, 0.1) is 23.2 Å². The highest BCUT2D eigenvalue weighted by Crippen LogP contribution is 2.50. The van der Waals surface area contributed by atoms with Crippen molar-refractivity contribution in [1.29, 1.82) is 5.26 Å². The van der Waals surface area contributed by atoms with Crippen LogP contribution in [0.15, 0.2) is 23.4 Å². The first-order chi connectivity index (χ1) is 9.97. The largest absolute Gasteiger partial charge is 0.387 e. The number of halogens is 1. The minimum atomic E-state index is -0.546. The Kier molecular flexibility index (Phi) is 3.80. The lowest BCUT2D eigenvalue weighted by Gasteiger charge is -2.40.